The van der Waals surface area contributed by atoms with Crippen LogP contribution in [0.5, 0.6) is 0 Å². The first-order chi connectivity index (χ1) is 30.8. The number of carbonyl (C=O) groups excluding carboxylic acids is 5. The van der Waals surface area contributed by atoms with Gasteiger partial charge in [0.1, 0.15) is 6.61 Å². The molecular weight excluding hydrogens is 833 g/mol. The lowest BCUT2D eigenvalue weighted by molar-refractivity contribution is -0.145. The number of oxazole rings is 1. The Balaban J connectivity index is 0.000000280. The zero-order chi connectivity index (χ0) is 45.3. The van der Waals surface area contributed by atoms with Gasteiger partial charge in [-0.1, -0.05) is 38.6 Å². The summed E-state index contributed by atoms with van der Waals surface area (Å²) in [5, 5.41) is 3.03. The molecule has 5 aliphatic heterocycles. The second-order valence-corrected chi connectivity index (χ2v) is 18.1. The van der Waals surface area contributed by atoms with Crippen molar-refractivity contribution in [2.75, 3.05) is 97.5 Å². The second kappa shape index (κ2) is 22.7. The quantitative estimate of drug-likeness (QED) is 0.264. The van der Waals surface area contributed by atoms with Gasteiger partial charge in [0.05, 0.1) is 18.5 Å². The zero-order valence-corrected chi connectivity index (χ0v) is 38.1. The van der Waals surface area contributed by atoms with Gasteiger partial charge in [-0.3, -0.25) is 19.0 Å². The Bertz CT molecular complexity index is 2180. The number of nitrogens with zero attached hydrogens (tertiary/aromatic N) is 7. The van der Waals surface area contributed by atoms with E-state index in [2.05, 4.69) is 29.1 Å². The van der Waals surface area contributed by atoms with Crippen LogP contribution in [0.2, 0.25) is 0 Å². The highest BCUT2D eigenvalue weighted by molar-refractivity contribution is 5.91. The minimum Gasteiger partial charge on any atom is -0.464 e. The van der Waals surface area contributed by atoms with Crippen LogP contribution in [-0.4, -0.2) is 168 Å². The Hall–Kier alpha value is -5.42. The van der Waals surface area contributed by atoms with E-state index in [1.807, 2.05) is 42.2 Å². The molecule has 17 heteroatoms. The number of urea groups is 1. The van der Waals surface area contributed by atoms with Crippen molar-refractivity contribution in [3.05, 3.63) is 63.6 Å². The molecule has 0 radical (unpaired) electrons. The van der Waals surface area contributed by atoms with Gasteiger partial charge in [-0.25, -0.2) is 14.4 Å². The van der Waals surface area contributed by atoms with Crippen molar-refractivity contribution in [2.45, 2.75) is 91.2 Å². The topological polar surface area (TPSA) is 170 Å². The van der Waals surface area contributed by atoms with Crippen molar-refractivity contribution in [1.82, 2.24) is 34.0 Å². The van der Waals surface area contributed by atoms with Crippen LogP contribution < -0.4 is 11.1 Å². The number of hydrogen-bond acceptors (Lipinski definition) is 11. The number of benzene rings is 2. The molecule has 1 aromatic heterocycles. The van der Waals surface area contributed by atoms with Crippen LogP contribution in [0.25, 0.3) is 11.1 Å². The fourth-order valence-corrected chi connectivity index (χ4v) is 9.42. The molecule has 0 spiro atoms. The van der Waals surface area contributed by atoms with Crippen LogP contribution >= 0.6 is 0 Å². The van der Waals surface area contributed by atoms with Crippen molar-refractivity contribution in [2.24, 2.45) is 13.0 Å². The van der Waals surface area contributed by atoms with Crippen molar-refractivity contribution < 1.29 is 37.9 Å². The first kappa shape index (κ1) is 49.0. The number of aryl methyl sites for hydroxylation is 2. The summed E-state index contributed by atoms with van der Waals surface area (Å²) in [6, 6.07) is 11.4. The highest BCUT2D eigenvalue weighted by Gasteiger charge is 2.35. The van der Waals surface area contributed by atoms with Crippen LogP contribution in [0.3, 0.4) is 0 Å². The van der Waals surface area contributed by atoms with Crippen molar-refractivity contribution >= 4 is 46.7 Å². The number of amides is 5. The Morgan fingerprint density at radius 2 is 1.55 bits per heavy atom. The third-order valence-electron chi connectivity index (χ3n) is 13.5. The van der Waals surface area contributed by atoms with E-state index < -0.39 is 18.0 Å². The van der Waals surface area contributed by atoms with E-state index in [-0.39, 0.29) is 43.7 Å². The van der Waals surface area contributed by atoms with Gasteiger partial charge in [0, 0.05) is 104 Å². The summed E-state index contributed by atoms with van der Waals surface area (Å²) in [6.45, 7) is 13.4. The Labute approximate surface area is 382 Å². The Morgan fingerprint density at radius 3 is 2.26 bits per heavy atom. The molecule has 356 valence electrons. The third-order valence-corrected chi connectivity index (χ3v) is 13.5. The van der Waals surface area contributed by atoms with Gasteiger partial charge in [0.25, 0.3) is 5.91 Å². The maximum atomic E-state index is 13.8. The predicted molar refractivity (Wildman–Crippen MR) is 248 cm³/mol. The highest BCUT2D eigenvalue weighted by atomic mass is 16.6. The van der Waals surface area contributed by atoms with Gasteiger partial charge in [-0.2, -0.15) is 0 Å². The first-order valence-corrected chi connectivity index (χ1v) is 23.2. The van der Waals surface area contributed by atoms with E-state index in [0.29, 0.717) is 88.6 Å². The summed E-state index contributed by atoms with van der Waals surface area (Å²) in [5.41, 5.74) is 4.72. The fourth-order valence-electron chi connectivity index (χ4n) is 9.42. The average molecular weight is 903 g/mol. The normalized spacial score (nSPS) is 19.4. The lowest BCUT2D eigenvalue weighted by Crippen LogP contribution is -2.51. The average Bonchev–Trinajstić information content (AvgIpc) is 3.77. The number of likely N-dealkylation sites (N-methyl/N-ethyl adjacent to an activating group) is 1. The fraction of sp³-hybridized carbons (Fsp3) is 0.625. The number of ether oxygens (including phenoxy) is 2. The summed E-state index contributed by atoms with van der Waals surface area (Å²) in [4.78, 5) is 87.1. The van der Waals surface area contributed by atoms with Crippen LogP contribution in [0.4, 0.5) is 15.3 Å². The van der Waals surface area contributed by atoms with Gasteiger partial charge < -0.3 is 48.6 Å². The smallest absolute Gasteiger partial charge is 0.419 e. The number of para-hydroxylation sites is 1. The van der Waals surface area contributed by atoms with Crippen molar-refractivity contribution in [3.8, 4) is 0 Å². The van der Waals surface area contributed by atoms with Gasteiger partial charge in [0.2, 0.25) is 5.91 Å². The summed E-state index contributed by atoms with van der Waals surface area (Å²) in [6.07, 6.45) is 4.51. The van der Waals surface area contributed by atoms with Crippen molar-refractivity contribution in [3.63, 3.8) is 0 Å². The molecule has 3 aromatic rings. The Morgan fingerprint density at radius 1 is 0.846 bits per heavy atom. The van der Waals surface area contributed by atoms with Gasteiger partial charge in [0.15, 0.2) is 11.7 Å². The number of anilines is 1. The number of piperidine rings is 2. The summed E-state index contributed by atoms with van der Waals surface area (Å²) < 4.78 is 18.1. The molecule has 0 saturated carbocycles. The maximum Gasteiger partial charge on any atom is 0.419 e. The number of likely N-dealkylation sites (tertiary alicyclic amines) is 3. The number of aromatic nitrogens is 1. The van der Waals surface area contributed by atoms with E-state index in [1.165, 1.54) is 4.57 Å². The van der Waals surface area contributed by atoms with Gasteiger partial charge >= 0.3 is 23.8 Å². The Kier molecular flexibility index (Phi) is 17.1. The lowest BCUT2D eigenvalue weighted by atomic mass is 9.98. The monoisotopic (exact) mass is 903 g/mol. The maximum absolute atomic E-state index is 13.8. The summed E-state index contributed by atoms with van der Waals surface area (Å²) in [7, 11) is 3.78. The molecule has 6 heterocycles. The molecule has 1 N–H and O–H groups in total. The number of carbonyl (C=O) groups is 5. The predicted octanol–water partition coefficient (Wildman–Crippen LogP) is 4.73. The minimum atomic E-state index is -1.00. The SMILES string of the molecule is C.CN1CCN(CCC(=O)OCCN2CCCC2=O)CC1.Cc1cc(C[C@@H](OC(=O)N2CCC(N3CCc4ccccc4NC3=O)CC2)C(=O)N2CCC(C)CC2)cc2oc(=O)n(C)c12. The number of nitrogens with one attached hydrogen (secondary N) is 1. The molecule has 5 amide bonds. The van der Waals surface area contributed by atoms with Crippen LogP contribution in [0, 0.1) is 12.8 Å². The minimum absolute atomic E-state index is 0. The van der Waals surface area contributed by atoms with Gasteiger partial charge in [-0.05, 0) is 87.2 Å². The second-order valence-electron chi connectivity index (χ2n) is 18.1. The van der Waals surface area contributed by atoms with Crippen molar-refractivity contribution in [1.29, 1.82) is 0 Å². The molecule has 0 unspecified atom stereocenters. The molecule has 1 atom stereocenters. The van der Waals surface area contributed by atoms with E-state index in [0.717, 1.165) is 87.3 Å². The summed E-state index contributed by atoms with van der Waals surface area (Å²) in [5.74, 6) is -0.0811. The third kappa shape index (κ3) is 12.7. The molecule has 4 fully saturated rings. The van der Waals surface area contributed by atoms with E-state index in [1.54, 1.807) is 27.8 Å². The number of piperazine rings is 1. The summed E-state index contributed by atoms with van der Waals surface area (Å²) >= 11 is 0. The molecule has 5 aliphatic rings. The standard InChI is InChI=1S/C33H41N5O6.C14H25N3O3.CH4/c1-21-8-13-36(14-9-21)30(39)28(20-23-18-22(2)29-27(19-23)43-32(41)35(29)3)44-33(42)37-15-11-25(12-16-37)38-17-10-24-6-4-5-7-26(24)34-31(38)40;1-15-7-9-16(10-8-15)6-4-14(19)20-12-11-17-5-2-3-13(17)18;/h4-7,18-19,21,25,28H,8-17,20H2,1-3H3,(H,34,40);2-12H2,1H3;1H4/t28-;;/m1../s1. The van der Waals surface area contributed by atoms with E-state index in [4.69, 9.17) is 13.9 Å². The molecular formula is C48H70N8O9. The molecule has 8 rings (SSSR count). The zero-order valence-electron chi connectivity index (χ0n) is 38.1. The first-order valence-electron chi connectivity index (χ1n) is 23.2. The number of fused-ring (bicyclic) bond motifs is 2. The molecule has 65 heavy (non-hydrogen) atoms. The molecule has 0 aliphatic carbocycles. The highest BCUT2D eigenvalue weighted by Crippen LogP contribution is 2.27. The molecule has 4 saturated heterocycles. The van der Waals surface area contributed by atoms with Crippen LogP contribution in [0.1, 0.15) is 76.0 Å². The van der Waals surface area contributed by atoms with Crippen LogP contribution in [-0.2, 0) is 43.7 Å². The molecule has 0 bridgehead atoms. The van der Waals surface area contributed by atoms with Gasteiger partial charge in [-0.15, -0.1) is 0 Å². The number of rotatable bonds is 11. The van der Waals surface area contributed by atoms with Crippen LogP contribution in [0.15, 0.2) is 45.6 Å². The van der Waals surface area contributed by atoms with E-state index in [9.17, 15) is 28.8 Å². The number of esters is 1. The van der Waals surface area contributed by atoms with E-state index >= 15 is 0 Å². The lowest BCUT2D eigenvalue weighted by Gasteiger charge is -2.38. The molecule has 17 nitrogen and oxygen atoms in total. The molecule has 2 aromatic carbocycles. The largest absolute Gasteiger partial charge is 0.464 e. The number of hydrogen-bond donors (Lipinski definition) is 1.